The average Bonchev–Trinajstić information content (AvgIpc) is 3.39. The second-order valence-electron chi connectivity index (χ2n) is 7.01. The molecule has 0 atom stereocenters. The number of hydrogen-bond donors (Lipinski definition) is 1. The van der Waals surface area contributed by atoms with Gasteiger partial charge in [-0.1, -0.05) is 6.07 Å². The number of ketones is 1. The molecular formula is C24H20N2O4S. The molecule has 1 N–H and O–H groups in total. The van der Waals surface area contributed by atoms with Gasteiger partial charge in [-0.05, 0) is 73.0 Å². The van der Waals surface area contributed by atoms with Crippen molar-refractivity contribution >= 4 is 29.3 Å². The fourth-order valence-electron chi connectivity index (χ4n) is 3.21. The number of hydrogen-bond acceptors (Lipinski definition) is 6. The number of pyridine rings is 1. The molecule has 0 aliphatic carbocycles. The van der Waals surface area contributed by atoms with E-state index in [9.17, 15) is 9.59 Å². The summed E-state index contributed by atoms with van der Waals surface area (Å²) in [6.07, 6.45) is 6.35. The quantitative estimate of drug-likeness (QED) is 0.473. The van der Waals surface area contributed by atoms with Crippen molar-refractivity contribution in [2.24, 2.45) is 0 Å². The van der Waals surface area contributed by atoms with E-state index in [-0.39, 0.29) is 17.1 Å². The summed E-state index contributed by atoms with van der Waals surface area (Å²) in [5.74, 6) is 0.739. The smallest absolute Gasteiger partial charge is 0.266 e. The normalized spacial score (nSPS) is 12.3. The number of H-pyrrole nitrogens is 1. The van der Waals surface area contributed by atoms with Crippen LogP contribution >= 0.6 is 11.3 Å². The largest absolute Gasteiger partial charge is 0.487 e. The van der Waals surface area contributed by atoms with E-state index in [0.29, 0.717) is 15.8 Å². The molecule has 0 saturated heterocycles. The highest BCUT2D eigenvalue weighted by Crippen LogP contribution is 2.26. The molecule has 7 heteroatoms. The van der Waals surface area contributed by atoms with Crippen LogP contribution in [0.4, 0.5) is 0 Å². The Hall–Kier alpha value is -3.71. The maximum Gasteiger partial charge on any atom is 0.266 e. The first-order valence-electron chi connectivity index (χ1n) is 9.64. The molecule has 0 bridgehead atoms. The molecule has 3 heterocycles. The van der Waals surface area contributed by atoms with Crippen molar-refractivity contribution in [2.75, 3.05) is 0 Å². The highest BCUT2D eigenvalue weighted by molar-refractivity contribution is 7.07. The third-order valence-electron chi connectivity index (χ3n) is 4.58. The van der Waals surface area contributed by atoms with E-state index in [1.165, 1.54) is 23.7 Å². The second-order valence-corrected chi connectivity index (χ2v) is 8.09. The van der Waals surface area contributed by atoms with Crippen molar-refractivity contribution in [3.63, 3.8) is 0 Å². The van der Waals surface area contributed by atoms with E-state index in [1.54, 1.807) is 24.4 Å². The van der Waals surface area contributed by atoms with E-state index >= 15 is 0 Å². The molecule has 0 radical (unpaired) electrons. The molecule has 0 saturated carbocycles. The number of benzene rings is 1. The Morgan fingerprint density at radius 2 is 2.00 bits per heavy atom. The fourth-order valence-corrected chi connectivity index (χ4v) is 4.09. The lowest BCUT2D eigenvalue weighted by Crippen LogP contribution is -2.20. The Morgan fingerprint density at radius 1 is 1.19 bits per heavy atom. The number of carbonyl (C=O) groups excluding carboxylic acids is 1. The number of aromatic amines is 1. The molecule has 4 aromatic rings. The van der Waals surface area contributed by atoms with Crippen molar-refractivity contribution in [2.45, 2.75) is 20.5 Å². The van der Waals surface area contributed by atoms with Crippen LogP contribution in [0, 0.1) is 13.8 Å². The van der Waals surface area contributed by atoms with Crippen LogP contribution in [0.2, 0.25) is 0 Å². The molecule has 0 amide bonds. The molecule has 0 aliphatic heterocycles. The molecule has 31 heavy (non-hydrogen) atoms. The minimum atomic E-state index is -0.296. The summed E-state index contributed by atoms with van der Waals surface area (Å²) in [6.45, 7) is 4.33. The summed E-state index contributed by atoms with van der Waals surface area (Å²) in [5, 5.41) is 0. The van der Waals surface area contributed by atoms with Crippen molar-refractivity contribution in [1.82, 2.24) is 9.97 Å². The number of thiazole rings is 1. The number of nitrogens with one attached hydrogen (secondary N) is 1. The van der Waals surface area contributed by atoms with Crippen molar-refractivity contribution in [3.8, 4) is 5.75 Å². The topological polar surface area (TPSA) is 85.2 Å². The molecule has 4 rings (SSSR count). The van der Waals surface area contributed by atoms with Gasteiger partial charge in [0.2, 0.25) is 5.78 Å². The number of furan rings is 1. The average molecular weight is 433 g/mol. The number of aryl methyl sites for hydroxylation is 2. The van der Waals surface area contributed by atoms with Crippen LogP contribution in [0.5, 0.6) is 5.75 Å². The summed E-state index contributed by atoms with van der Waals surface area (Å²) >= 11 is 1.22. The van der Waals surface area contributed by atoms with E-state index in [0.717, 1.165) is 28.1 Å². The van der Waals surface area contributed by atoms with Gasteiger partial charge in [0.25, 0.3) is 5.56 Å². The third kappa shape index (κ3) is 4.90. The van der Waals surface area contributed by atoms with Crippen molar-refractivity contribution in [3.05, 3.63) is 103 Å². The monoisotopic (exact) mass is 432 g/mol. The van der Waals surface area contributed by atoms with Gasteiger partial charge in [-0.25, -0.2) is 0 Å². The molecule has 0 unspecified atom stereocenters. The first-order chi connectivity index (χ1) is 15.0. The first kappa shape index (κ1) is 20.6. The minimum absolute atomic E-state index is 0.229. The Bertz CT molecular complexity index is 1360. The molecule has 0 spiro atoms. The van der Waals surface area contributed by atoms with Crippen LogP contribution in [0.3, 0.4) is 0 Å². The molecule has 6 nitrogen and oxygen atoms in total. The summed E-state index contributed by atoms with van der Waals surface area (Å²) in [6, 6.07) is 12.9. The molecule has 156 valence electrons. The zero-order valence-corrected chi connectivity index (χ0v) is 17.9. The van der Waals surface area contributed by atoms with Gasteiger partial charge < -0.3 is 14.1 Å². The highest BCUT2D eigenvalue weighted by atomic mass is 32.1. The third-order valence-corrected chi connectivity index (χ3v) is 5.54. The van der Waals surface area contributed by atoms with Gasteiger partial charge in [0.15, 0.2) is 5.76 Å². The van der Waals surface area contributed by atoms with Crippen LogP contribution < -0.4 is 19.5 Å². The van der Waals surface area contributed by atoms with Gasteiger partial charge in [0, 0.05) is 12.3 Å². The molecule has 0 aliphatic rings. The summed E-state index contributed by atoms with van der Waals surface area (Å²) in [5.41, 5.74) is 3.44. The van der Waals surface area contributed by atoms with Crippen molar-refractivity contribution in [1.29, 1.82) is 0 Å². The van der Waals surface area contributed by atoms with Crippen molar-refractivity contribution < 1.29 is 13.9 Å². The lowest BCUT2D eigenvalue weighted by molar-refractivity contribution is 0.103. The lowest BCUT2D eigenvalue weighted by Gasteiger charge is -2.13. The first-order valence-corrected chi connectivity index (χ1v) is 10.5. The van der Waals surface area contributed by atoms with Crippen LogP contribution in [0.1, 0.15) is 32.9 Å². The lowest BCUT2D eigenvalue weighted by atomic mass is 10.1. The van der Waals surface area contributed by atoms with Gasteiger partial charge in [0.1, 0.15) is 12.4 Å². The van der Waals surface area contributed by atoms with Gasteiger partial charge in [-0.2, -0.15) is 0 Å². The maximum absolute atomic E-state index is 12.3. The summed E-state index contributed by atoms with van der Waals surface area (Å²) in [4.78, 5) is 31.5. The number of ether oxygens (including phenoxy) is 1. The van der Waals surface area contributed by atoms with Gasteiger partial charge in [-0.15, -0.1) is 11.3 Å². The number of rotatable bonds is 6. The Balaban J connectivity index is 1.60. The van der Waals surface area contributed by atoms with Crippen LogP contribution in [-0.4, -0.2) is 15.8 Å². The van der Waals surface area contributed by atoms with E-state index in [2.05, 4.69) is 9.97 Å². The molecule has 0 fully saturated rings. The fraction of sp³-hybridized carbons (Fsp3) is 0.125. The van der Waals surface area contributed by atoms with Gasteiger partial charge in [0.05, 0.1) is 21.2 Å². The van der Waals surface area contributed by atoms with Gasteiger partial charge >= 0.3 is 0 Å². The highest BCUT2D eigenvalue weighted by Gasteiger charge is 2.08. The van der Waals surface area contributed by atoms with Crippen LogP contribution in [0.15, 0.2) is 64.1 Å². The zero-order valence-electron chi connectivity index (χ0n) is 17.0. The number of nitrogens with zero attached hydrogens (tertiary/aromatic N) is 1. The van der Waals surface area contributed by atoms with E-state index in [4.69, 9.17) is 9.15 Å². The second kappa shape index (κ2) is 8.97. The van der Waals surface area contributed by atoms with Crippen LogP contribution in [-0.2, 0) is 6.61 Å². The van der Waals surface area contributed by atoms with Gasteiger partial charge in [-0.3, -0.25) is 14.6 Å². The SMILES string of the molecule is Cc1cc(/C=c2\s/c(=C\C(=O)c3ccco3)[nH]c2=O)cc(C)c1OCc1ccccn1. The Labute approximate surface area is 182 Å². The summed E-state index contributed by atoms with van der Waals surface area (Å²) in [7, 11) is 0. The van der Waals surface area contributed by atoms with E-state index < -0.39 is 0 Å². The minimum Gasteiger partial charge on any atom is -0.487 e. The van der Waals surface area contributed by atoms with Crippen LogP contribution in [0.25, 0.3) is 12.2 Å². The number of Topliss-reactive ketones (excluding diaryl/α,β-unsaturated/α-hetero) is 1. The standard InChI is InChI=1S/C24H20N2O4S/c1-15-10-17(11-16(2)23(15)30-14-18-6-3-4-8-25-18)12-21-24(28)26-22(31-21)13-19(27)20-7-5-9-29-20/h3-13H,14H2,1-2H3,(H,26,28)/b21-12-,22-13-. The Kier molecular flexibility index (Phi) is 5.95. The number of carbonyl (C=O) groups is 1. The zero-order chi connectivity index (χ0) is 21.8. The maximum atomic E-state index is 12.3. The predicted octanol–water partition coefficient (Wildman–Crippen LogP) is 3.11. The Morgan fingerprint density at radius 3 is 2.68 bits per heavy atom. The number of aromatic nitrogens is 2. The molecule has 3 aromatic heterocycles. The predicted molar refractivity (Wildman–Crippen MR) is 120 cm³/mol. The molecular weight excluding hydrogens is 412 g/mol. The molecule has 1 aromatic carbocycles. The van der Waals surface area contributed by atoms with E-state index in [1.807, 2.05) is 44.2 Å². The summed E-state index contributed by atoms with van der Waals surface area (Å²) < 4.78 is 12.1.